The topological polar surface area (TPSA) is 96.0 Å². The number of fused-ring (bicyclic) bond motifs is 3. The van der Waals surface area contributed by atoms with E-state index in [4.69, 9.17) is 24.4 Å². The van der Waals surface area contributed by atoms with E-state index in [0.29, 0.717) is 12.6 Å². The number of benzene rings is 1. The van der Waals surface area contributed by atoms with Gasteiger partial charge in [0.2, 0.25) is 0 Å². The van der Waals surface area contributed by atoms with Crippen LogP contribution in [0, 0.1) is 0 Å². The second-order valence-electron chi connectivity index (χ2n) is 10.4. The lowest BCUT2D eigenvalue weighted by Gasteiger charge is -2.19. The summed E-state index contributed by atoms with van der Waals surface area (Å²) in [6.45, 7) is 13.0. The van der Waals surface area contributed by atoms with Crippen molar-refractivity contribution >= 4 is 28.4 Å². The van der Waals surface area contributed by atoms with Gasteiger partial charge in [-0.15, -0.1) is 0 Å². The molecule has 1 aromatic heterocycles. The first-order valence-corrected chi connectivity index (χ1v) is 12.6. The van der Waals surface area contributed by atoms with Gasteiger partial charge in [0, 0.05) is 41.6 Å². The number of carbonyl (C=O) groups is 1. The number of nitrogens with one attached hydrogen (secondary N) is 2. The largest absolute Gasteiger partial charge is 0.493 e. The number of hydrogen-bond donors (Lipinski definition) is 3. The Labute approximate surface area is 215 Å². The van der Waals surface area contributed by atoms with Crippen molar-refractivity contribution in [1.82, 2.24) is 9.88 Å². The van der Waals surface area contributed by atoms with Gasteiger partial charge < -0.3 is 30.1 Å². The molecule has 0 saturated carbocycles. The first kappa shape index (κ1) is 28.6. The van der Waals surface area contributed by atoms with E-state index in [9.17, 15) is 13.2 Å². The van der Waals surface area contributed by atoms with E-state index in [1.54, 1.807) is 7.11 Å². The third-order valence-electron chi connectivity index (χ3n) is 6.20. The van der Waals surface area contributed by atoms with Crippen LogP contribution in [-0.2, 0) is 11.2 Å². The van der Waals surface area contributed by atoms with Crippen LogP contribution >= 0.6 is 0 Å². The third-order valence-corrected chi connectivity index (χ3v) is 6.20. The maximum Gasteiger partial charge on any atom is 0.490 e. The van der Waals surface area contributed by atoms with Gasteiger partial charge in [-0.2, -0.15) is 13.2 Å². The van der Waals surface area contributed by atoms with Crippen LogP contribution in [0.15, 0.2) is 12.1 Å². The van der Waals surface area contributed by atoms with Crippen LogP contribution in [-0.4, -0.2) is 72.1 Å². The van der Waals surface area contributed by atoms with Crippen molar-refractivity contribution in [2.75, 3.05) is 44.0 Å². The predicted molar refractivity (Wildman–Crippen MR) is 138 cm³/mol. The average molecular weight is 527 g/mol. The minimum absolute atomic E-state index is 0.00366. The van der Waals surface area contributed by atoms with Gasteiger partial charge >= 0.3 is 12.1 Å². The zero-order valence-electron chi connectivity index (χ0n) is 22.1. The number of aromatic nitrogens is 1. The molecule has 3 heterocycles. The molecule has 0 unspecified atom stereocenters. The Bertz CT molecular complexity index is 1100. The molecule has 1 saturated heterocycles. The maximum absolute atomic E-state index is 10.6. The van der Waals surface area contributed by atoms with Crippen molar-refractivity contribution in [2.45, 2.75) is 71.1 Å². The fourth-order valence-electron chi connectivity index (χ4n) is 4.59. The summed E-state index contributed by atoms with van der Waals surface area (Å²) in [5.74, 6) is -0.251. The van der Waals surface area contributed by atoms with E-state index < -0.39 is 12.1 Å². The molecule has 206 valence electrons. The van der Waals surface area contributed by atoms with E-state index >= 15 is 0 Å². The van der Waals surface area contributed by atoms with Crippen LogP contribution in [0.5, 0.6) is 11.5 Å². The quantitative estimate of drug-likeness (QED) is 0.399. The van der Waals surface area contributed by atoms with Crippen LogP contribution in [0.2, 0.25) is 0 Å². The van der Waals surface area contributed by atoms with Crippen LogP contribution in [0.25, 0.3) is 10.9 Å². The summed E-state index contributed by atoms with van der Waals surface area (Å²) in [6.07, 6.45) is -0.466. The SMILES string of the molecule is COc1cc2c3c(c(NC(C)C)nc2cc1OCCCN1CCCC1)CC(C)(C)N3.O=C(O)C(F)(F)F. The molecule has 2 aliphatic rings. The van der Waals surface area contributed by atoms with Crippen molar-refractivity contribution in [3.8, 4) is 11.5 Å². The molecular weight excluding hydrogens is 489 g/mol. The Hall–Kier alpha value is -2.95. The third kappa shape index (κ3) is 7.53. The lowest BCUT2D eigenvalue weighted by Crippen LogP contribution is -2.27. The normalized spacial score (nSPS) is 16.7. The molecule has 0 radical (unpaired) electrons. The monoisotopic (exact) mass is 526 g/mol. The Morgan fingerprint density at radius 2 is 1.89 bits per heavy atom. The molecule has 2 aliphatic heterocycles. The van der Waals surface area contributed by atoms with E-state index in [0.717, 1.165) is 53.3 Å². The molecule has 3 N–H and O–H groups in total. The highest BCUT2D eigenvalue weighted by Gasteiger charge is 2.38. The van der Waals surface area contributed by atoms with E-state index in [2.05, 4.69) is 49.3 Å². The number of anilines is 2. The molecule has 0 atom stereocenters. The number of ether oxygens (including phenoxy) is 2. The fourth-order valence-corrected chi connectivity index (χ4v) is 4.59. The number of aliphatic carboxylic acids is 1. The highest BCUT2D eigenvalue weighted by atomic mass is 19.4. The molecule has 0 bridgehead atoms. The van der Waals surface area contributed by atoms with Crippen LogP contribution in [0.1, 0.15) is 52.5 Å². The number of nitrogens with zero attached hydrogens (tertiary/aromatic N) is 2. The van der Waals surface area contributed by atoms with Crippen LogP contribution in [0.3, 0.4) is 0 Å². The Balaban J connectivity index is 0.000000479. The Morgan fingerprint density at radius 1 is 1.24 bits per heavy atom. The van der Waals surface area contributed by atoms with Gasteiger partial charge in [-0.05, 0) is 66.1 Å². The number of rotatable bonds is 8. The standard InChI is InChI=1S/C24H36N4O2.C2HF3O2/c1-16(2)25-23-18-15-24(3,4)27-22(18)17-13-20(29-5)21(14-19(17)26-23)30-12-8-11-28-9-6-7-10-28;3-2(4,5)1(6)7/h13-14,16,27H,6-12,15H2,1-5H3,(H,25,26);(H,6,7). The van der Waals surface area contributed by atoms with Crippen molar-refractivity contribution in [1.29, 1.82) is 0 Å². The lowest BCUT2D eigenvalue weighted by molar-refractivity contribution is -0.192. The molecule has 0 spiro atoms. The predicted octanol–water partition coefficient (Wildman–Crippen LogP) is 5.31. The molecule has 8 nitrogen and oxygen atoms in total. The van der Waals surface area contributed by atoms with E-state index in [1.165, 1.54) is 31.5 Å². The number of likely N-dealkylation sites (tertiary alicyclic amines) is 1. The number of hydrogen-bond acceptors (Lipinski definition) is 7. The van der Waals surface area contributed by atoms with Gasteiger partial charge in [-0.25, -0.2) is 9.78 Å². The summed E-state index contributed by atoms with van der Waals surface area (Å²) in [6, 6.07) is 4.43. The van der Waals surface area contributed by atoms with Gasteiger partial charge in [-0.1, -0.05) is 0 Å². The maximum atomic E-state index is 10.6. The molecule has 1 fully saturated rings. The summed E-state index contributed by atoms with van der Waals surface area (Å²) >= 11 is 0. The van der Waals surface area contributed by atoms with Gasteiger partial charge in [0.05, 0.1) is 24.9 Å². The Morgan fingerprint density at radius 3 is 2.46 bits per heavy atom. The van der Waals surface area contributed by atoms with Crippen molar-refractivity contribution in [3.63, 3.8) is 0 Å². The van der Waals surface area contributed by atoms with E-state index in [1.807, 2.05) is 6.07 Å². The fraction of sp³-hybridized carbons (Fsp3) is 0.615. The number of carboxylic acid groups (broad SMARTS) is 1. The second kappa shape index (κ2) is 11.6. The summed E-state index contributed by atoms with van der Waals surface area (Å²) in [5, 5.41) is 15.5. The van der Waals surface area contributed by atoms with Gasteiger partial charge in [0.1, 0.15) is 5.82 Å². The molecule has 4 rings (SSSR count). The molecular formula is C26H37F3N4O4. The lowest BCUT2D eigenvalue weighted by atomic mass is 10.00. The number of pyridine rings is 1. The molecule has 1 aromatic carbocycles. The molecule has 2 aromatic rings. The smallest absolute Gasteiger partial charge is 0.490 e. The van der Waals surface area contributed by atoms with Crippen LogP contribution in [0.4, 0.5) is 24.7 Å². The van der Waals surface area contributed by atoms with Crippen molar-refractivity contribution < 1.29 is 32.5 Å². The van der Waals surface area contributed by atoms with Crippen LogP contribution < -0.4 is 20.1 Å². The number of alkyl halides is 3. The highest BCUT2D eigenvalue weighted by Crippen LogP contribution is 2.44. The zero-order chi connectivity index (χ0) is 27.4. The number of methoxy groups -OCH3 is 1. The summed E-state index contributed by atoms with van der Waals surface area (Å²) in [4.78, 5) is 16.4. The van der Waals surface area contributed by atoms with Crippen molar-refractivity contribution in [2.24, 2.45) is 0 Å². The van der Waals surface area contributed by atoms with E-state index in [-0.39, 0.29) is 5.54 Å². The summed E-state index contributed by atoms with van der Waals surface area (Å²) < 4.78 is 43.6. The first-order chi connectivity index (χ1) is 17.3. The number of halogens is 3. The second-order valence-corrected chi connectivity index (χ2v) is 10.4. The molecule has 37 heavy (non-hydrogen) atoms. The average Bonchev–Trinajstić information content (AvgIpc) is 3.42. The summed E-state index contributed by atoms with van der Waals surface area (Å²) in [7, 11) is 1.71. The number of carboxylic acids is 1. The Kier molecular flexibility index (Phi) is 8.99. The molecule has 0 amide bonds. The van der Waals surface area contributed by atoms with Gasteiger partial charge in [-0.3, -0.25) is 0 Å². The minimum atomic E-state index is -5.08. The first-order valence-electron chi connectivity index (χ1n) is 12.6. The minimum Gasteiger partial charge on any atom is -0.493 e. The van der Waals surface area contributed by atoms with Gasteiger partial charge in [0.15, 0.2) is 11.5 Å². The van der Waals surface area contributed by atoms with Gasteiger partial charge in [0.25, 0.3) is 0 Å². The summed E-state index contributed by atoms with van der Waals surface area (Å²) in [5.41, 5.74) is 3.34. The molecule has 11 heteroatoms. The van der Waals surface area contributed by atoms with Crippen molar-refractivity contribution in [3.05, 3.63) is 17.7 Å². The zero-order valence-corrected chi connectivity index (χ0v) is 22.1. The highest BCUT2D eigenvalue weighted by molar-refractivity contribution is 5.99. The molecule has 0 aliphatic carbocycles.